The minimum atomic E-state index is 0.179. The Labute approximate surface area is 113 Å². The lowest BCUT2D eigenvalue weighted by Crippen LogP contribution is -2.25. The Morgan fingerprint density at radius 1 is 1.42 bits per heavy atom. The summed E-state index contributed by atoms with van der Waals surface area (Å²) in [5.41, 5.74) is 2.43. The molecule has 102 valence electrons. The molecule has 0 aliphatic carbocycles. The molecule has 0 amide bonds. The van der Waals surface area contributed by atoms with Gasteiger partial charge in [-0.05, 0) is 42.3 Å². The number of tetrazole rings is 1. The maximum atomic E-state index is 4.25. The van der Waals surface area contributed by atoms with E-state index >= 15 is 0 Å². The van der Waals surface area contributed by atoms with Crippen molar-refractivity contribution in [3.05, 3.63) is 35.4 Å². The van der Waals surface area contributed by atoms with Gasteiger partial charge in [-0.1, -0.05) is 6.92 Å². The number of nitrogens with one attached hydrogen (secondary N) is 1. The van der Waals surface area contributed by atoms with Crippen LogP contribution in [0.1, 0.15) is 36.3 Å². The number of rotatable bonds is 6. The van der Waals surface area contributed by atoms with Gasteiger partial charge in [0.1, 0.15) is 0 Å². The lowest BCUT2D eigenvalue weighted by atomic mass is 10.0. The molecule has 0 saturated carbocycles. The summed E-state index contributed by atoms with van der Waals surface area (Å²) in [6.45, 7) is 5.21. The highest BCUT2D eigenvalue weighted by atomic mass is 15.6. The van der Waals surface area contributed by atoms with Crippen LogP contribution in [0.4, 0.5) is 0 Å². The van der Waals surface area contributed by atoms with Crippen LogP contribution in [-0.2, 0) is 13.5 Å². The zero-order chi connectivity index (χ0) is 13.7. The summed E-state index contributed by atoms with van der Waals surface area (Å²) in [5, 5.41) is 15.7. The van der Waals surface area contributed by atoms with Crippen molar-refractivity contribution in [2.75, 3.05) is 6.54 Å². The molecule has 2 rings (SSSR count). The number of aromatic nitrogens is 5. The molecule has 0 bridgehead atoms. The van der Waals surface area contributed by atoms with E-state index in [0.29, 0.717) is 0 Å². The Morgan fingerprint density at radius 2 is 2.26 bits per heavy atom. The Bertz CT molecular complexity index is 521. The average Bonchev–Trinajstić information content (AvgIpc) is 2.81. The van der Waals surface area contributed by atoms with E-state index in [0.717, 1.165) is 25.2 Å². The van der Waals surface area contributed by atoms with Crippen molar-refractivity contribution in [3.63, 3.8) is 0 Å². The third-order valence-corrected chi connectivity index (χ3v) is 3.03. The number of nitrogens with zero attached hydrogens (tertiary/aromatic N) is 5. The zero-order valence-corrected chi connectivity index (χ0v) is 11.7. The zero-order valence-electron chi connectivity index (χ0n) is 11.7. The Balaban J connectivity index is 2.18. The molecule has 0 fully saturated rings. The number of hydrogen-bond donors (Lipinski definition) is 1. The molecule has 0 radical (unpaired) electrons. The second kappa shape index (κ2) is 6.38. The summed E-state index contributed by atoms with van der Waals surface area (Å²) in [6, 6.07) is 2.21. The Kier molecular flexibility index (Phi) is 4.57. The lowest BCUT2D eigenvalue weighted by molar-refractivity contribution is 0.513. The molecule has 0 aliphatic heterocycles. The highest BCUT2D eigenvalue weighted by molar-refractivity contribution is 5.25. The Morgan fingerprint density at radius 3 is 2.89 bits per heavy atom. The first-order valence-corrected chi connectivity index (χ1v) is 6.57. The fourth-order valence-electron chi connectivity index (χ4n) is 2.04. The van der Waals surface area contributed by atoms with Gasteiger partial charge >= 0.3 is 0 Å². The molecule has 6 heteroatoms. The predicted octanol–water partition coefficient (Wildman–Crippen LogP) is 1.20. The molecule has 1 N–H and O–H groups in total. The van der Waals surface area contributed by atoms with Crippen LogP contribution in [0.2, 0.25) is 0 Å². The number of pyridine rings is 1. The summed E-state index contributed by atoms with van der Waals surface area (Å²) in [5.74, 6) is 0.749. The molecule has 0 aromatic carbocycles. The maximum Gasteiger partial charge on any atom is 0.176 e. The summed E-state index contributed by atoms with van der Waals surface area (Å²) in [6.07, 6.45) is 5.54. The first-order chi connectivity index (χ1) is 9.20. The minimum absolute atomic E-state index is 0.179. The SMILES string of the molecule is CCCNC(Cc1nnn(C)n1)c1cnccc1C. The normalized spacial score (nSPS) is 12.6. The van der Waals surface area contributed by atoms with E-state index in [-0.39, 0.29) is 6.04 Å². The largest absolute Gasteiger partial charge is 0.309 e. The smallest absolute Gasteiger partial charge is 0.176 e. The molecule has 0 spiro atoms. The standard InChI is InChI=1S/C13H20N6/c1-4-6-15-12(8-13-16-18-19(3)17-13)11-9-14-7-5-10(11)2/h5,7,9,12,15H,4,6,8H2,1-3H3. The third kappa shape index (κ3) is 3.57. The quantitative estimate of drug-likeness (QED) is 0.845. The van der Waals surface area contributed by atoms with Crippen LogP contribution in [0.25, 0.3) is 0 Å². The van der Waals surface area contributed by atoms with Gasteiger partial charge in [0.05, 0.1) is 7.05 Å². The van der Waals surface area contributed by atoms with E-state index in [1.807, 2.05) is 18.5 Å². The highest BCUT2D eigenvalue weighted by Crippen LogP contribution is 2.19. The predicted molar refractivity (Wildman–Crippen MR) is 72.5 cm³/mol. The van der Waals surface area contributed by atoms with Crippen molar-refractivity contribution in [2.24, 2.45) is 7.05 Å². The van der Waals surface area contributed by atoms with Gasteiger partial charge in [-0.15, -0.1) is 10.2 Å². The van der Waals surface area contributed by atoms with Crippen LogP contribution in [0.15, 0.2) is 18.5 Å². The summed E-state index contributed by atoms with van der Waals surface area (Å²) >= 11 is 0. The van der Waals surface area contributed by atoms with Gasteiger partial charge in [0.25, 0.3) is 0 Å². The van der Waals surface area contributed by atoms with Crippen molar-refractivity contribution >= 4 is 0 Å². The molecule has 1 atom stereocenters. The van der Waals surface area contributed by atoms with Gasteiger partial charge in [0.2, 0.25) is 0 Å². The highest BCUT2D eigenvalue weighted by Gasteiger charge is 2.16. The van der Waals surface area contributed by atoms with Crippen LogP contribution in [0.5, 0.6) is 0 Å². The first kappa shape index (κ1) is 13.6. The minimum Gasteiger partial charge on any atom is -0.309 e. The fourth-order valence-corrected chi connectivity index (χ4v) is 2.04. The summed E-state index contributed by atoms with van der Waals surface area (Å²) in [7, 11) is 1.78. The summed E-state index contributed by atoms with van der Waals surface area (Å²) < 4.78 is 0. The number of aryl methyl sites for hydroxylation is 2. The molecule has 2 heterocycles. The Hall–Kier alpha value is -1.82. The molecule has 2 aromatic rings. The van der Waals surface area contributed by atoms with E-state index in [4.69, 9.17) is 0 Å². The van der Waals surface area contributed by atoms with Gasteiger partial charge in [-0.2, -0.15) is 4.80 Å². The van der Waals surface area contributed by atoms with Crippen molar-refractivity contribution in [1.29, 1.82) is 0 Å². The fraction of sp³-hybridized carbons (Fsp3) is 0.538. The average molecular weight is 260 g/mol. The molecule has 0 saturated heterocycles. The van der Waals surface area contributed by atoms with Crippen molar-refractivity contribution in [3.8, 4) is 0 Å². The van der Waals surface area contributed by atoms with Crippen LogP contribution in [0.3, 0.4) is 0 Å². The maximum absolute atomic E-state index is 4.25. The van der Waals surface area contributed by atoms with Crippen LogP contribution in [0, 0.1) is 6.92 Å². The van der Waals surface area contributed by atoms with E-state index < -0.39 is 0 Å². The molecule has 2 aromatic heterocycles. The van der Waals surface area contributed by atoms with Crippen molar-refractivity contribution < 1.29 is 0 Å². The van der Waals surface area contributed by atoms with Crippen LogP contribution in [-0.4, -0.2) is 31.7 Å². The molecule has 6 nitrogen and oxygen atoms in total. The number of hydrogen-bond acceptors (Lipinski definition) is 5. The topological polar surface area (TPSA) is 68.5 Å². The molecule has 19 heavy (non-hydrogen) atoms. The third-order valence-electron chi connectivity index (χ3n) is 3.03. The van der Waals surface area contributed by atoms with Gasteiger partial charge < -0.3 is 5.32 Å². The van der Waals surface area contributed by atoms with Crippen molar-refractivity contribution in [1.82, 2.24) is 30.5 Å². The summed E-state index contributed by atoms with van der Waals surface area (Å²) in [4.78, 5) is 5.71. The lowest BCUT2D eigenvalue weighted by Gasteiger charge is -2.18. The van der Waals surface area contributed by atoms with Crippen molar-refractivity contribution in [2.45, 2.75) is 32.7 Å². The van der Waals surface area contributed by atoms with Gasteiger partial charge in [-0.25, -0.2) is 0 Å². The van der Waals surface area contributed by atoms with E-state index in [1.54, 1.807) is 7.05 Å². The van der Waals surface area contributed by atoms with Gasteiger partial charge in [0, 0.05) is 24.9 Å². The van der Waals surface area contributed by atoms with Gasteiger partial charge in [-0.3, -0.25) is 4.98 Å². The molecule has 0 aliphatic rings. The second-order valence-electron chi connectivity index (χ2n) is 4.64. The first-order valence-electron chi connectivity index (χ1n) is 6.57. The monoisotopic (exact) mass is 260 g/mol. The molecular weight excluding hydrogens is 240 g/mol. The second-order valence-corrected chi connectivity index (χ2v) is 4.64. The van der Waals surface area contributed by atoms with Crippen LogP contribution < -0.4 is 5.32 Å². The van der Waals surface area contributed by atoms with E-state index in [2.05, 4.69) is 39.6 Å². The molecular formula is C13H20N6. The van der Waals surface area contributed by atoms with Crippen LogP contribution >= 0.6 is 0 Å². The van der Waals surface area contributed by atoms with E-state index in [1.165, 1.54) is 15.9 Å². The van der Waals surface area contributed by atoms with E-state index in [9.17, 15) is 0 Å². The molecule has 1 unspecified atom stereocenters. The van der Waals surface area contributed by atoms with Gasteiger partial charge in [0.15, 0.2) is 5.82 Å².